The number of nitrogens with two attached hydrogens (primary N) is 1. The van der Waals surface area contributed by atoms with Gasteiger partial charge in [-0.1, -0.05) is 38.5 Å². The highest BCUT2D eigenvalue weighted by Crippen LogP contribution is 2.28. The van der Waals surface area contributed by atoms with E-state index < -0.39 is 6.04 Å². The number of carbonyl (C=O) groups is 3. The van der Waals surface area contributed by atoms with E-state index in [1.165, 1.54) is 0 Å². The number of fused-ring (bicyclic) bond motifs is 1. The molecule has 1 saturated heterocycles. The molecule has 3 atom stereocenters. The van der Waals surface area contributed by atoms with Gasteiger partial charge in [-0.15, -0.1) is 0 Å². The predicted octanol–water partition coefficient (Wildman–Crippen LogP) is 1.72. The number of para-hydroxylation sites is 1. The zero-order chi connectivity index (χ0) is 20.3. The number of anilines is 1. The first-order valence-corrected chi connectivity index (χ1v) is 10.1. The van der Waals surface area contributed by atoms with E-state index in [0.717, 1.165) is 37.1 Å². The molecule has 1 fully saturated rings. The summed E-state index contributed by atoms with van der Waals surface area (Å²) in [7, 11) is 0. The van der Waals surface area contributed by atoms with Gasteiger partial charge in [-0.2, -0.15) is 0 Å². The summed E-state index contributed by atoms with van der Waals surface area (Å²) in [4.78, 5) is 41.4. The molecular weight excluding hydrogens is 356 g/mol. The van der Waals surface area contributed by atoms with Crippen LogP contribution in [0.25, 0.3) is 0 Å². The molecule has 7 nitrogen and oxygen atoms in total. The Morgan fingerprint density at radius 3 is 2.79 bits per heavy atom. The van der Waals surface area contributed by atoms with Gasteiger partial charge in [0.2, 0.25) is 17.7 Å². The Morgan fingerprint density at radius 1 is 1.32 bits per heavy atom. The second-order valence-electron chi connectivity index (χ2n) is 7.84. The lowest BCUT2D eigenvalue weighted by atomic mass is 9.96. The number of hydrogen-bond acceptors (Lipinski definition) is 4. The van der Waals surface area contributed by atoms with Crippen molar-refractivity contribution in [2.75, 3.05) is 18.4 Å². The van der Waals surface area contributed by atoms with Crippen molar-refractivity contribution < 1.29 is 14.4 Å². The van der Waals surface area contributed by atoms with Gasteiger partial charge in [0.25, 0.3) is 0 Å². The van der Waals surface area contributed by atoms with Crippen molar-refractivity contribution in [3.8, 4) is 0 Å². The molecule has 7 heteroatoms. The van der Waals surface area contributed by atoms with E-state index in [2.05, 4.69) is 5.32 Å². The molecule has 3 N–H and O–H groups in total. The summed E-state index contributed by atoms with van der Waals surface area (Å²) in [6.07, 6.45) is 2.73. The number of primary amides is 1. The minimum Gasteiger partial charge on any atom is -0.368 e. The first-order chi connectivity index (χ1) is 13.4. The van der Waals surface area contributed by atoms with Crippen LogP contribution >= 0.6 is 0 Å². The first kappa shape index (κ1) is 20.3. The highest BCUT2D eigenvalue weighted by Gasteiger charge is 2.37. The normalized spacial score (nSPS) is 23.6. The van der Waals surface area contributed by atoms with E-state index in [0.29, 0.717) is 13.1 Å². The van der Waals surface area contributed by atoms with Gasteiger partial charge in [0, 0.05) is 25.2 Å². The molecule has 0 unspecified atom stereocenters. The quantitative estimate of drug-likeness (QED) is 0.778. The molecule has 0 aliphatic carbocycles. The van der Waals surface area contributed by atoms with Crippen LogP contribution in [0.2, 0.25) is 0 Å². The highest BCUT2D eigenvalue weighted by atomic mass is 16.2. The Labute approximate surface area is 166 Å². The number of carbonyl (C=O) groups excluding carboxylic acids is 3. The molecule has 0 bridgehead atoms. The van der Waals surface area contributed by atoms with Crippen LogP contribution in [0, 0.1) is 5.92 Å². The zero-order valence-corrected chi connectivity index (χ0v) is 16.7. The Morgan fingerprint density at radius 2 is 2.07 bits per heavy atom. The Hall–Kier alpha value is -2.41. The van der Waals surface area contributed by atoms with Gasteiger partial charge in [0.1, 0.15) is 6.04 Å². The van der Waals surface area contributed by atoms with Crippen molar-refractivity contribution in [3.63, 3.8) is 0 Å². The van der Waals surface area contributed by atoms with Gasteiger partial charge < -0.3 is 16.0 Å². The standard InChI is InChI=1S/C21H30N4O3/c1-3-14(2)19-21(28)23-16-8-5-4-7-15(16)13-25(19)18(26)10-12-24-11-6-9-17(24)20(22)27/h4-5,7-8,14,17,19H,3,6,9-13H2,1-2H3,(H2,22,27)(H,23,28)/t14-,17+,19-/m0/s1. The van der Waals surface area contributed by atoms with E-state index >= 15 is 0 Å². The third-order valence-corrected chi connectivity index (χ3v) is 6.03. The lowest BCUT2D eigenvalue weighted by Gasteiger charge is -2.33. The summed E-state index contributed by atoms with van der Waals surface area (Å²) in [5.74, 6) is -0.481. The molecular formula is C21H30N4O3. The van der Waals surface area contributed by atoms with Crippen LogP contribution in [0.15, 0.2) is 24.3 Å². The summed E-state index contributed by atoms with van der Waals surface area (Å²) >= 11 is 0. The van der Waals surface area contributed by atoms with E-state index in [4.69, 9.17) is 5.73 Å². The molecule has 0 radical (unpaired) electrons. The van der Waals surface area contributed by atoms with Crippen LogP contribution in [-0.4, -0.2) is 52.7 Å². The van der Waals surface area contributed by atoms with E-state index in [-0.39, 0.29) is 36.1 Å². The van der Waals surface area contributed by atoms with E-state index in [9.17, 15) is 14.4 Å². The Balaban J connectivity index is 1.78. The summed E-state index contributed by atoms with van der Waals surface area (Å²) in [5.41, 5.74) is 7.18. The van der Waals surface area contributed by atoms with Gasteiger partial charge in [0.15, 0.2) is 0 Å². The van der Waals surface area contributed by atoms with Gasteiger partial charge in [-0.25, -0.2) is 0 Å². The fourth-order valence-electron chi connectivity index (χ4n) is 4.24. The lowest BCUT2D eigenvalue weighted by Crippen LogP contribution is -2.50. The molecule has 2 aliphatic heterocycles. The fourth-order valence-corrected chi connectivity index (χ4v) is 4.24. The molecule has 0 spiro atoms. The average molecular weight is 386 g/mol. The molecule has 152 valence electrons. The third kappa shape index (κ3) is 4.19. The van der Waals surface area contributed by atoms with Gasteiger partial charge in [0.05, 0.1) is 6.04 Å². The minimum atomic E-state index is -0.504. The van der Waals surface area contributed by atoms with E-state index in [1.807, 2.05) is 43.0 Å². The number of rotatable bonds is 6. The summed E-state index contributed by atoms with van der Waals surface area (Å²) in [6, 6.07) is 6.82. The molecule has 2 aliphatic rings. The highest BCUT2D eigenvalue weighted by molar-refractivity contribution is 5.99. The van der Waals surface area contributed by atoms with Crippen LogP contribution in [-0.2, 0) is 20.9 Å². The van der Waals surface area contributed by atoms with Gasteiger partial charge >= 0.3 is 0 Å². The number of hydrogen-bond donors (Lipinski definition) is 2. The van der Waals surface area contributed by atoms with Gasteiger partial charge in [-0.05, 0) is 36.9 Å². The maximum Gasteiger partial charge on any atom is 0.247 e. The summed E-state index contributed by atoms with van der Waals surface area (Å²) in [6.45, 7) is 5.70. The van der Waals surface area contributed by atoms with Crippen LogP contribution in [0.4, 0.5) is 5.69 Å². The molecule has 0 aromatic heterocycles. The number of nitrogens with zero attached hydrogens (tertiary/aromatic N) is 2. The van der Waals surface area contributed by atoms with Gasteiger partial charge in [-0.3, -0.25) is 19.3 Å². The Bertz CT molecular complexity index is 751. The second-order valence-corrected chi connectivity index (χ2v) is 7.84. The first-order valence-electron chi connectivity index (χ1n) is 10.1. The third-order valence-electron chi connectivity index (χ3n) is 6.03. The van der Waals surface area contributed by atoms with Crippen molar-refractivity contribution in [2.45, 2.75) is 58.2 Å². The maximum atomic E-state index is 13.2. The van der Waals surface area contributed by atoms with Crippen LogP contribution in [0.5, 0.6) is 0 Å². The number of likely N-dealkylation sites (tertiary alicyclic amines) is 1. The summed E-state index contributed by atoms with van der Waals surface area (Å²) < 4.78 is 0. The molecule has 1 aromatic carbocycles. The molecule has 28 heavy (non-hydrogen) atoms. The number of benzene rings is 1. The predicted molar refractivity (Wildman–Crippen MR) is 107 cm³/mol. The topological polar surface area (TPSA) is 95.7 Å². The molecule has 3 rings (SSSR count). The van der Waals surface area contributed by atoms with Crippen molar-refractivity contribution in [2.24, 2.45) is 11.7 Å². The van der Waals surface area contributed by atoms with Crippen molar-refractivity contribution in [3.05, 3.63) is 29.8 Å². The molecule has 2 heterocycles. The number of amides is 3. The summed E-state index contributed by atoms with van der Waals surface area (Å²) in [5, 5.41) is 2.99. The molecule has 0 saturated carbocycles. The monoisotopic (exact) mass is 386 g/mol. The van der Waals surface area contributed by atoms with Crippen LogP contribution in [0.1, 0.15) is 45.1 Å². The zero-order valence-electron chi connectivity index (χ0n) is 16.7. The fraction of sp³-hybridized carbons (Fsp3) is 0.571. The van der Waals surface area contributed by atoms with Crippen molar-refractivity contribution in [1.82, 2.24) is 9.80 Å². The van der Waals surface area contributed by atoms with Crippen LogP contribution in [0.3, 0.4) is 0 Å². The molecule has 3 amide bonds. The Kier molecular flexibility index (Phi) is 6.34. The smallest absolute Gasteiger partial charge is 0.247 e. The number of nitrogens with one attached hydrogen (secondary N) is 1. The maximum absolute atomic E-state index is 13.2. The van der Waals surface area contributed by atoms with Crippen molar-refractivity contribution >= 4 is 23.4 Å². The SMILES string of the molecule is CC[C@H](C)[C@H]1C(=O)Nc2ccccc2CN1C(=O)CCN1CCC[C@@H]1C(N)=O. The largest absolute Gasteiger partial charge is 0.368 e. The minimum absolute atomic E-state index is 0.0448. The average Bonchev–Trinajstić information content (AvgIpc) is 3.09. The second kappa shape index (κ2) is 8.73. The van der Waals surface area contributed by atoms with Crippen molar-refractivity contribution in [1.29, 1.82) is 0 Å². The van der Waals surface area contributed by atoms with Crippen LogP contribution < -0.4 is 11.1 Å². The lowest BCUT2D eigenvalue weighted by molar-refractivity contribution is -0.141. The van der Waals surface area contributed by atoms with E-state index in [1.54, 1.807) is 4.90 Å². The molecule has 1 aromatic rings.